The second-order valence-corrected chi connectivity index (χ2v) is 4.89. The Morgan fingerprint density at radius 3 is 2.60 bits per heavy atom. The number of rotatable bonds is 3. The first-order valence-corrected chi connectivity index (χ1v) is 6.67. The van der Waals surface area contributed by atoms with E-state index in [0.717, 1.165) is 37.3 Å². The van der Waals surface area contributed by atoms with Crippen LogP contribution in [0.5, 0.6) is 0 Å². The predicted molar refractivity (Wildman–Crippen MR) is 80.3 cm³/mol. The van der Waals surface area contributed by atoms with E-state index in [9.17, 15) is 0 Å². The van der Waals surface area contributed by atoms with Crippen LogP contribution < -0.4 is 5.73 Å². The standard InChI is InChI=1S/C10H21N3S.HI/c1-9-3-6-13(7-4-9)10(11)12-5-8-14-2;/h9H,3-8H2,1-2H3,(H2,11,12);1H. The Morgan fingerprint density at radius 2 is 2.07 bits per heavy atom. The molecule has 0 bridgehead atoms. The Hall–Kier alpha value is 0.350. The van der Waals surface area contributed by atoms with Crippen molar-refractivity contribution in [1.29, 1.82) is 0 Å². The molecule has 90 valence electrons. The first-order valence-electron chi connectivity index (χ1n) is 5.28. The summed E-state index contributed by atoms with van der Waals surface area (Å²) in [5.74, 6) is 2.65. The summed E-state index contributed by atoms with van der Waals surface area (Å²) in [6.07, 6.45) is 4.59. The van der Waals surface area contributed by atoms with E-state index in [4.69, 9.17) is 5.73 Å². The fraction of sp³-hybridized carbons (Fsp3) is 0.900. The number of guanidine groups is 1. The fourth-order valence-corrected chi connectivity index (χ4v) is 1.86. The lowest BCUT2D eigenvalue weighted by Crippen LogP contribution is -2.42. The fourth-order valence-electron chi connectivity index (χ4n) is 1.59. The highest BCUT2D eigenvalue weighted by molar-refractivity contribution is 14.0. The van der Waals surface area contributed by atoms with E-state index >= 15 is 0 Å². The predicted octanol–water partition coefficient (Wildman–Crippen LogP) is 2.01. The maximum Gasteiger partial charge on any atom is 0.191 e. The van der Waals surface area contributed by atoms with Crippen molar-refractivity contribution in [3.63, 3.8) is 0 Å². The lowest BCUT2D eigenvalue weighted by atomic mass is 10.00. The maximum absolute atomic E-state index is 5.90. The molecule has 0 aromatic rings. The topological polar surface area (TPSA) is 41.6 Å². The third-order valence-corrected chi connectivity index (χ3v) is 3.27. The van der Waals surface area contributed by atoms with E-state index in [1.54, 1.807) is 0 Å². The van der Waals surface area contributed by atoms with Gasteiger partial charge < -0.3 is 10.6 Å². The molecule has 15 heavy (non-hydrogen) atoms. The Morgan fingerprint density at radius 1 is 1.47 bits per heavy atom. The first-order chi connectivity index (χ1) is 6.74. The highest BCUT2D eigenvalue weighted by atomic mass is 127. The summed E-state index contributed by atoms with van der Waals surface area (Å²) in [7, 11) is 0. The summed E-state index contributed by atoms with van der Waals surface area (Å²) in [5, 5.41) is 0. The summed E-state index contributed by atoms with van der Waals surface area (Å²) in [4.78, 5) is 6.57. The summed E-state index contributed by atoms with van der Waals surface area (Å²) < 4.78 is 0. The second-order valence-electron chi connectivity index (χ2n) is 3.90. The zero-order valence-corrected chi connectivity index (χ0v) is 12.8. The van der Waals surface area contributed by atoms with E-state index in [2.05, 4.69) is 23.1 Å². The number of halogens is 1. The van der Waals surface area contributed by atoms with Gasteiger partial charge in [0.05, 0.1) is 6.54 Å². The number of nitrogens with two attached hydrogens (primary N) is 1. The Balaban J connectivity index is 0.00000196. The molecule has 5 heteroatoms. The minimum absolute atomic E-state index is 0. The molecule has 1 fully saturated rings. The van der Waals surface area contributed by atoms with Crippen LogP contribution in [0.4, 0.5) is 0 Å². The summed E-state index contributed by atoms with van der Waals surface area (Å²) in [6, 6.07) is 0. The average Bonchev–Trinajstić information content (AvgIpc) is 2.19. The molecule has 1 aliphatic rings. The SMILES string of the molecule is CSCCN=C(N)N1CCC(C)CC1.I. The van der Waals surface area contributed by atoms with Crippen LogP contribution >= 0.6 is 35.7 Å². The number of nitrogens with zero attached hydrogens (tertiary/aromatic N) is 2. The Labute approximate surface area is 114 Å². The third kappa shape index (κ3) is 5.85. The molecule has 0 aromatic carbocycles. The number of piperidine rings is 1. The highest BCUT2D eigenvalue weighted by Crippen LogP contribution is 2.15. The van der Waals surface area contributed by atoms with Crippen molar-refractivity contribution in [3.8, 4) is 0 Å². The van der Waals surface area contributed by atoms with Crippen LogP contribution in [0.25, 0.3) is 0 Å². The van der Waals surface area contributed by atoms with Crippen LogP contribution in [0.2, 0.25) is 0 Å². The van der Waals surface area contributed by atoms with Crippen molar-refractivity contribution in [3.05, 3.63) is 0 Å². The molecule has 0 amide bonds. The lowest BCUT2D eigenvalue weighted by Gasteiger charge is -2.30. The van der Waals surface area contributed by atoms with Gasteiger partial charge in [-0.1, -0.05) is 6.92 Å². The molecule has 0 radical (unpaired) electrons. The summed E-state index contributed by atoms with van der Waals surface area (Å²) in [6.45, 7) is 5.31. The van der Waals surface area contributed by atoms with Crippen molar-refractivity contribution in [2.45, 2.75) is 19.8 Å². The molecule has 0 atom stereocenters. The van der Waals surface area contributed by atoms with Crippen molar-refractivity contribution in [2.75, 3.05) is 31.6 Å². The van der Waals surface area contributed by atoms with Crippen molar-refractivity contribution < 1.29 is 0 Å². The van der Waals surface area contributed by atoms with Crippen molar-refractivity contribution in [2.24, 2.45) is 16.6 Å². The van der Waals surface area contributed by atoms with Gasteiger partial charge in [0.2, 0.25) is 0 Å². The quantitative estimate of drug-likeness (QED) is 0.369. The van der Waals surface area contributed by atoms with Gasteiger partial charge in [-0.15, -0.1) is 24.0 Å². The molecule has 2 N–H and O–H groups in total. The van der Waals surface area contributed by atoms with Crippen molar-refractivity contribution in [1.82, 2.24) is 4.90 Å². The molecule has 0 aliphatic carbocycles. The van der Waals surface area contributed by atoms with Crippen LogP contribution in [0.3, 0.4) is 0 Å². The Bertz CT molecular complexity index is 191. The maximum atomic E-state index is 5.90. The number of likely N-dealkylation sites (tertiary alicyclic amines) is 1. The monoisotopic (exact) mass is 343 g/mol. The first kappa shape index (κ1) is 15.3. The molecule has 0 aromatic heterocycles. The second kappa shape index (κ2) is 8.50. The highest BCUT2D eigenvalue weighted by Gasteiger charge is 2.16. The van der Waals surface area contributed by atoms with Gasteiger partial charge in [0.1, 0.15) is 0 Å². The minimum atomic E-state index is 0. The van der Waals surface area contributed by atoms with Gasteiger partial charge in [-0.3, -0.25) is 4.99 Å². The van der Waals surface area contributed by atoms with Crippen LogP contribution in [0.15, 0.2) is 4.99 Å². The van der Waals surface area contributed by atoms with Crippen LogP contribution in [0, 0.1) is 5.92 Å². The van der Waals surface area contributed by atoms with Gasteiger partial charge in [0.15, 0.2) is 5.96 Å². The largest absolute Gasteiger partial charge is 0.370 e. The van der Waals surface area contributed by atoms with E-state index < -0.39 is 0 Å². The van der Waals surface area contributed by atoms with E-state index in [-0.39, 0.29) is 24.0 Å². The van der Waals surface area contributed by atoms with Crippen LogP contribution in [0.1, 0.15) is 19.8 Å². The molecular weight excluding hydrogens is 321 g/mol. The van der Waals surface area contributed by atoms with Gasteiger partial charge in [0.25, 0.3) is 0 Å². The number of hydrogen-bond acceptors (Lipinski definition) is 2. The lowest BCUT2D eigenvalue weighted by molar-refractivity contribution is 0.278. The normalized spacial score (nSPS) is 18.8. The van der Waals surface area contributed by atoms with Gasteiger partial charge in [0, 0.05) is 18.8 Å². The van der Waals surface area contributed by atoms with Gasteiger partial charge in [-0.05, 0) is 25.0 Å². The molecule has 1 saturated heterocycles. The molecule has 0 spiro atoms. The molecule has 0 saturated carbocycles. The Kier molecular flexibility index (Phi) is 8.69. The molecule has 3 nitrogen and oxygen atoms in total. The molecular formula is C10H22IN3S. The number of aliphatic imine (C=N–C) groups is 1. The van der Waals surface area contributed by atoms with E-state index in [0.29, 0.717) is 0 Å². The van der Waals surface area contributed by atoms with Gasteiger partial charge in [-0.25, -0.2) is 0 Å². The summed E-state index contributed by atoms with van der Waals surface area (Å²) >= 11 is 1.81. The smallest absolute Gasteiger partial charge is 0.191 e. The molecule has 0 unspecified atom stereocenters. The third-order valence-electron chi connectivity index (χ3n) is 2.68. The van der Waals surface area contributed by atoms with Gasteiger partial charge in [-0.2, -0.15) is 11.8 Å². The molecule has 1 aliphatic heterocycles. The zero-order chi connectivity index (χ0) is 10.4. The molecule has 1 heterocycles. The van der Waals surface area contributed by atoms with Crippen LogP contribution in [-0.2, 0) is 0 Å². The van der Waals surface area contributed by atoms with E-state index in [1.807, 2.05) is 11.8 Å². The van der Waals surface area contributed by atoms with E-state index in [1.165, 1.54) is 12.8 Å². The zero-order valence-electron chi connectivity index (χ0n) is 9.61. The number of hydrogen-bond donors (Lipinski definition) is 1. The average molecular weight is 343 g/mol. The van der Waals surface area contributed by atoms with Crippen molar-refractivity contribution >= 4 is 41.7 Å². The molecule has 1 rings (SSSR count). The van der Waals surface area contributed by atoms with Gasteiger partial charge >= 0.3 is 0 Å². The minimum Gasteiger partial charge on any atom is -0.370 e. The number of thioether (sulfide) groups is 1. The van der Waals surface area contributed by atoms with Crippen LogP contribution in [-0.4, -0.2) is 42.5 Å². The summed E-state index contributed by atoms with van der Waals surface area (Å²) in [5.41, 5.74) is 5.90.